The highest BCUT2D eigenvalue weighted by atomic mass is 16.2. The molecule has 1 aliphatic carbocycles. The topological polar surface area (TPSA) is 35.6 Å². The number of hydrogen-bond acceptors (Lipinski definition) is 3. The second-order valence-corrected chi connectivity index (χ2v) is 5.84. The van der Waals surface area contributed by atoms with Crippen molar-refractivity contribution >= 4 is 5.91 Å². The lowest BCUT2D eigenvalue weighted by Crippen LogP contribution is -2.43. The highest BCUT2D eigenvalue weighted by molar-refractivity contribution is 5.84. The summed E-state index contributed by atoms with van der Waals surface area (Å²) in [6, 6.07) is 1.35. The van der Waals surface area contributed by atoms with Gasteiger partial charge in [0.05, 0.1) is 6.04 Å². The number of amides is 1. The minimum atomic E-state index is 0.120. The molecule has 17 heavy (non-hydrogen) atoms. The van der Waals surface area contributed by atoms with Crippen molar-refractivity contribution in [2.45, 2.75) is 50.2 Å². The molecule has 96 valence electrons. The lowest BCUT2D eigenvalue weighted by molar-refractivity contribution is -0.130. The van der Waals surface area contributed by atoms with E-state index in [1.54, 1.807) is 0 Å². The molecule has 4 nitrogen and oxygen atoms in total. The summed E-state index contributed by atoms with van der Waals surface area (Å²) in [5.74, 6) is 0.345. The zero-order valence-electron chi connectivity index (χ0n) is 10.7. The van der Waals surface area contributed by atoms with Crippen molar-refractivity contribution in [3.8, 4) is 0 Å². The number of hydrogen-bond donors (Lipinski definition) is 1. The minimum absolute atomic E-state index is 0.120. The fraction of sp³-hybridized carbons (Fsp3) is 0.923. The first-order valence-corrected chi connectivity index (χ1v) is 6.99. The van der Waals surface area contributed by atoms with Crippen LogP contribution in [0.1, 0.15) is 32.1 Å². The molecule has 2 heterocycles. The highest BCUT2D eigenvalue weighted by Crippen LogP contribution is 2.24. The van der Waals surface area contributed by atoms with Crippen molar-refractivity contribution in [1.82, 2.24) is 15.1 Å². The number of nitrogens with one attached hydrogen (secondary N) is 1. The molecule has 0 aromatic carbocycles. The van der Waals surface area contributed by atoms with Crippen LogP contribution in [-0.2, 0) is 4.79 Å². The lowest BCUT2D eigenvalue weighted by Gasteiger charge is -2.25. The number of carbonyl (C=O) groups excluding carboxylic acids is 1. The maximum absolute atomic E-state index is 12.2. The fourth-order valence-electron chi connectivity index (χ4n) is 3.07. The Morgan fingerprint density at radius 2 is 2.06 bits per heavy atom. The van der Waals surface area contributed by atoms with Gasteiger partial charge in [-0.05, 0) is 45.7 Å². The van der Waals surface area contributed by atoms with Crippen LogP contribution >= 0.6 is 0 Å². The Morgan fingerprint density at radius 3 is 2.71 bits per heavy atom. The van der Waals surface area contributed by atoms with E-state index in [0.29, 0.717) is 18.0 Å². The van der Waals surface area contributed by atoms with E-state index >= 15 is 0 Å². The molecule has 4 heteroatoms. The molecule has 3 fully saturated rings. The van der Waals surface area contributed by atoms with E-state index in [1.807, 2.05) is 0 Å². The molecule has 0 bridgehead atoms. The van der Waals surface area contributed by atoms with Gasteiger partial charge in [-0.25, -0.2) is 0 Å². The Labute approximate surface area is 103 Å². The van der Waals surface area contributed by atoms with E-state index in [-0.39, 0.29) is 6.04 Å². The maximum Gasteiger partial charge on any atom is 0.239 e. The van der Waals surface area contributed by atoms with Gasteiger partial charge in [0.2, 0.25) is 5.91 Å². The van der Waals surface area contributed by atoms with Crippen LogP contribution in [0.4, 0.5) is 0 Å². The molecule has 2 aliphatic heterocycles. The fourth-order valence-corrected chi connectivity index (χ4v) is 3.07. The smallest absolute Gasteiger partial charge is 0.239 e. The molecule has 1 N–H and O–H groups in total. The molecular weight excluding hydrogens is 214 g/mol. The van der Waals surface area contributed by atoms with E-state index in [4.69, 9.17) is 0 Å². The standard InChI is InChI=1S/C13H23N3O/c1-15-7-2-3-11(15)9-16-8-6-12(13(16)17)14-10-4-5-10/h10-12,14H,2-9H2,1H3. The van der Waals surface area contributed by atoms with Crippen molar-refractivity contribution in [3.63, 3.8) is 0 Å². The Morgan fingerprint density at radius 1 is 1.24 bits per heavy atom. The van der Waals surface area contributed by atoms with E-state index in [1.165, 1.54) is 32.2 Å². The number of rotatable bonds is 4. The van der Waals surface area contributed by atoms with Gasteiger partial charge in [-0.2, -0.15) is 0 Å². The number of likely N-dealkylation sites (N-methyl/N-ethyl adjacent to an activating group) is 1. The number of likely N-dealkylation sites (tertiary alicyclic amines) is 2. The van der Waals surface area contributed by atoms with Crippen molar-refractivity contribution in [2.24, 2.45) is 0 Å². The van der Waals surface area contributed by atoms with E-state index in [0.717, 1.165) is 19.5 Å². The van der Waals surface area contributed by atoms with Gasteiger partial charge in [0.15, 0.2) is 0 Å². The van der Waals surface area contributed by atoms with Crippen molar-refractivity contribution in [1.29, 1.82) is 0 Å². The average Bonchev–Trinajstić information content (AvgIpc) is 2.96. The van der Waals surface area contributed by atoms with Crippen molar-refractivity contribution in [3.05, 3.63) is 0 Å². The van der Waals surface area contributed by atoms with Crippen molar-refractivity contribution < 1.29 is 4.79 Å². The second kappa shape index (κ2) is 4.58. The van der Waals surface area contributed by atoms with E-state index in [9.17, 15) is 4.79 Å². The molecule has 2 unspecified atom stereocenters. The molecule has 3 rings (SSSR count). The van der Waals surface area contributed by atoms with Gasteiger partial charge in [0, 0.05) is 25.2 Å². The summed E-state index contributed by atoms with van der Waals surface area (Å²) in [6.45, 7) is 3.09. The molecule has 0 radical (unpaired) electrons. The average molecular weight is 237 g/mol. The molecule has 3 aliphatic rings. The zero-order valence-corrected chi connectivity index (χ0v) is 10.7. The van der Waals surface area contributed by atoms with Gasteiger partial charge in [0.1, 0.15) is 0 Å². The number of nitrogens with zero attached hydrogens (tertiary/aromatic N) is 2. The van der Waals surface area contributed by atoms with Crippen LogP contribution in [0.15, 0.2) is 0 Å². The van der Waals surface area contributed by atoms with Crippen LogP contribution in [-0.4, -0.2) is 60.5 Å². The third-order valence-electron chi connectivity index (χ3n) is 4.41. The minimum Gasteiger partial charge on any atom is -0.340 e. The molecular formula is C13H23N3O. The first kappa shape index (κ1) is 11.5. The monoisotopic (exact) mass is 237 g/mol. The molecule has 1 amide bonds. The zero-order chi connectivity index (χ0) is 11.8. The van der Waals surface area contributed by atoms with Crippen LogP contribution in [0.25, 0.3) is 0 Å². The van der Waals surface area contributed by atoms with Gasteiger partial charge in [0.25, 0.3) is 0 Å². The Kier molecular flexibility index (Phi) is 3.09. The van der Waals surface area contributed by atoms with E-state index in [2.05, 4.69) is 22.2 Å². The third-order valence-corrected chi connectivity index (χ3v) is 4.41. The second-order valence-electron chi connectivity index (χ2n) is 5.84. The predicted octanol–water partition coefficient (Wildman–Crippen LogP) is 0.433. The van der Waals surface area contributed by atoms with Gasteiger partial charge in [-0.3, -0.25) is 4.79 Å². The highest BCUT2D eigenvalue weighted by Gasteiger charge is 2.37. The predicted molar refractivity (Wildman–Crippen MR) is 66.8 cm³/mol. The van der Waals surface area contributed by atoms with Crippen LogP contribution in [0.3, 0.4) is 0 Å². The summed E-state index contributed by atoms with van der Waals surface area (Å²) >= 11 is 0. The Hall–Kier alpha value is -0.610. The Bertz CT molecular complexity index is 303. The quantitative estimate of drug-likeness (QED) is 0.770. The summed E-state index contributed by atoms with van der Waals surface area (Å²) < 4.78 is 0. The van der Waals surface area contributed by atoms with Crippen LogP contribution < -0.4 is 5.32 Å². The molecule has 0 spiro atoms. The van der Waals surface area contributed by atoms with E-state index < -0.39 is 0 Å². The molecule has 0 aromatic heterocycles. The summed E-state index contributed by atoms with van der Waals surface area (Å²) in [5.41, 5.74) is 0. The normalized spacial score (nSPS) is 34.9. The molecule has 2 saturated heterocycles. The van der Waals surface area contributed by atoms with Crippen LogP contribution in [0.2, 0.25) is 0 Å². The molecule has 1 saturated carbocycles. The summed E-state index contributed by atoms with van der Waals surface area (Å²) in [5, 5.41) is 3.46. The van der Waals surface area contributed by atoms with Crippen molar-refractivity contribution in [2.75, 3.05) is 26.7 Å². The summed E-state index contributed by atoms with van der Waals surface area (Å²) in [7, 11) is 2.18. The summed E-state index contributed by atoms with van der Waals surface area (Å²) in [4.78, 5) is 16.7. The lowest BCUT2D eigenvalue weighted by atomic mass is 10.2. The SMILES string of the molecule is CN1CCCC1CN1CCC(NC2CC2)C1=O. The largest absolute Gasteiger partial charge is 0.340 e. The summed E-state index contributed by atoms with van der Waals surface area (Å²) in [6.07, 6.45) is 6.06. The maximum atomic E-state index is 12.2. The first-order chi connectivity index (χ1) is 8.24. The molecule has 0 aromatic rings. The first-order valence-electron chi connectivity index (χ1n) is 6.99. The number of carbonyl (C=O) groups is 1. The van der Waals surface area contributed by atoms with Crippen LogP contribution in [0.5, 0.6) is 0 Å². The third kappa shape index (κ3) is 2.47. The molecule has 2 atom stereocenters. The van der Waals surface area contributed by atoms with Gasteiger partial charge in [-0.1, -0.05) is 0 Å². The van der Waals surface area contributed by atoms with Crippen LogP contribution in [0, 0.1) is 0 Å². The Balaban J connectivity index is 1.52. The van der Waals surface area contributed by atoms with Gasteiger partial charge < -0.3 is 15.1 Å². The van der Waals surface area contributed by atoms with Gasteiger partial charge >= 0.3 is 0 Å². The van der Waals surface area contributed by atoms with Gasteiger partial charge in [-0.15, -0.1) is 0 Å².